The van der Waals surface area contributed by atoms with Crippen LogP contribution in [0.2, 0.25) is 18.1 Å². The Bertz CT molecular complexity index is 381. The quantitative estimate of drug-likeness (QED) is 0.611. The van der Waals surface area contributed by atoms with Crippen LogP contribution in [0.25, 0.3) is 0 Å². The maximum atomic E-state index is 10.6. The van der Waals surface area contributed by atoms with Gasteiger partial charge in [0.1, 0.15) is 18.3 Å². The predicted molar refractivity (Wildman–Crippen MR) is 76.5 cm³/mol. The number of rotatable bonds is 4. The van der Waals surface area contributed by atoms with Crippen LogP contribution in [0.5, 0.6) is 0 Å². The van der Waals surface area contributed by atoms with E-state index >= 15 is 0 Å². The van der Waals surface area contributed by atoms with Crippen molar-refractivity contribution in [2.45, 2.75) is 63.3 Å². The largest absolute Gasteiger partial charge is 0.465 e. The Hall–Kier alpha value is -0.633. The highest BCUT2D eigenvalue weighted by atomic mass is 28.4. The van der Waals surface area contributed by atoms with Gasteiger partial charge in [-0.05, 0) is 18.1 Å². The third-order valence-electron chi connectivity index (χ3n) is 4.54. The maximum absolute atomic E-state index is 10.6. The maximum Gasteiger partial charge on any atom is 0.405 e. The van der Waals surface area contributed by atoms with Crippen LogP contribution in [-0.4, -0.2) is 57.1 Å². The van der Waals surface area contributed by atoms with E-state index in [-0.39, 0.29) is 29.4 Å². The molecule has 2 saturated heterocycles. The van der Waals surface area contributed by atoms with Gasteiger partial charge in [-0.2, -0.15) is 0 Å². The molecule has 2 aliphatic heterocycles. The molecule has 2 N–H and O–H groups in total. The number of amides is 1. The molecule has 0 bridgehead atoms. The van der Waals surface area contributed by atoms with Gasteiger partial charge in [-0.25, -0.2) is 4.79 Å². The van der Waals surface area contributed by atoms with Crippen LogP contribution in [-0.2, 0) is 13.9 Å². The van der Waals surface area contributed by atoms with E-state index < -0.39 is 14.4 Å². The zero-order valence-corrected chi connectivity index (χ0v) is 13.8. The zero-order chi connectivity index (χ0) is 15.1. The molecule has 0 aliphatic carbocycles. The van der Waals surface area contributed by atoms with Crippen LogP contribution < -0.4 is 5.32 Å². The second kappa shape index (κ2) is 5.29. The predicted octanol–water partition coefficient (Wildman–Crippen LogP) is 1.81. The second-order valence-corrected chi connectivity index (χ2v) is 11.9. The Labute approximate surface area is 120 Å². The standard InChI is InChI=1S/C13H25NO5Si/c1-13(2,3)20(4,5)18-7-9-11-10(19-11)8(6-17-9)14-12(15)16/h8-11,14H,6-7H2,1-5H3,(H,15,16)/t8-,9+,10?,11?/m0/s1. The van der Waals surface area contributed by atoms with E-state index in [0.717, 1.165) is 0 Å². The van der Waals surface area contributed by atoms with Gasteiger partial charge >= 0.3 is 6.09 Å². The smallest absolute Gasteiger partial charge is 0.405 e. The number of ether oxygens (including phenoxy) is 2. The molecular weight excluding hydrogens is 278 g/mol. The number of carboxylic acid groups (broad SMARTS) is 1. The fraction of sp³-hybridized carbons (Fsp3) is 0.923. The lowest BCUT2D eigenvalue weighted by Gasteiger charge is -2.37. The summed E-state index contributed by atoms with van der Waals surface area (Å²) in [5.41, 5.74) is 0. The Balaban J connectivity index is 1.82. The van der Waals surface area contributed by atoms with Gasteiger partial charge in [0.2, 0.25) is 0 Å². The van der Waals surface area contributed by atoms with E-state index in [4.69, 9.17) is 19.0 Å². The van der Waals surface area contributed by atoms with Gasteiger partial charge in [0, 0.05) is 0 Å². The van der Waals surface area contributed by atoms with Crippen molar-refractivity contribution < 1.29 is 23.8 Å². The van der Waals surface area contributed by atoms with Crippen LogP contribution in [0.4, 0.5) is 4.79 Å². The van der Waals surface area contributed by atoms with Gasteiger partial charge in [0.05, 0.1) is 19.3 Å². The molecule has 2 rings (SSSR count). The van der Waals surface area contributed by atoms with Gasteiger partial charge in [0.15, 0.2) is 8.32 Å². The summed E-state index contributed by atoms with van der Waals surface area (Å²) in [5, 5.41) is 11.3. The highest BCUT2D eigenvalue weighted by Crippen LogP contribution is 2.39. The van der Waals surface area contributed by atoms with Gasteiger partial charge in [-0.3, -0.25) is 0 Å². The van der Waals surface area contributed by atoms with E-state index in [1.807, 2.05) is 0 Å². The van der Waals surface area contributed by atoms with E-state index in [1.54, 1.807) is 0 Å². The molecule has 0 aromatic carbocycles. The fourth-order valence-corrected chi connectivity index (χ4v) is 3.12. The first-order valence-corrected chi connectivity index (χ1v) is 9.93. The van der Waals surface area contributed by atoms with Gasteiger partial charge in [0.25, 0.3) is 0 Å². The summed E-state index contributed by atoms with van der Waals surface area (Å²) in [4.78, 5) is 10.6. The lowest BCUT2D eigenvalue weighted by Crippen LogP contribution is -2.50. The Kier molecular flexibility index (Phi) is 4.16. The molecule has 7 heteroatoms. The monoisotopic (exact) mass is 303 g/mol. The minimum absolute atomic E-state index is 0.0367. The zero-order valence-electron chi connectivity index (χ0n) is 12.8. The third-order valence-corrected chi connectivity index (χ3v) is 9.04. The first kappa shape index (κ1) is 15.8. The molecule has 0 radical (unpaired) electrons. The minimum atomic E-state index is -1.79. The van der Waals surface area contributed by atoms with Gasteiger partial charge in [-0.1, -0.05) is 20.8 Å². The number of fused-ring (bicyclic) bond motifs is 1. The highest BCUT2D eigenvalue weighted by Gasteiger charge is 2.55. The van der Waals surface area contributed by atoms with Crippen molar-refractivity contribution in [1.82, 2.24) is 5.32 Å². The van der Waals surface area contributed by atoms with Crippen LogP contribution in [0.15, 0.2) is 0 Å². The van der Waals surface area contributed by atoms with Crippen molar-refractivity contribution in [2.24, 2.45) is 0 Å². The van der Waals surface area contributed by atoms with E-state index in [0.29, 0.717) is 13.2 Å². The van der Waals surface area contributed by atoms with Crippen molar-refractivity contribution in [1.29, 1.82) is 0 Å². The summed E-state index contributed by atoms with van der Waals surface area (Å²) in [6.45, 7) is 11.9. The molecule has 6 nitrogen and oxygen atoms in total. The number of nitrogens with one attached hydrogen (secondary N) is 1. The molecule has 1 amide bonds. The summed E-state index contributed by atoms with van der Waals surface area (Å²) in [6, 6.07) is -0.262. The SMILES string of the molecule is CC(C)(C)[Si](C)(C)OC[C@H]1OC[C@H](NC(=O)O)C2OC21. The van der Waals surface area contributed by atoms with Crippen molar-refractivity contribution in [2.75, 3.05) is 13.2 Å². The first-order valence-electron chi connectivity index (χ1n) is 7.02. The lowest BCUT2D eigenvalue weighted by atomic mass is 10.1. The van der Waals surface area contributed by atoms with Crippen molar-refractivity contribution in [3.05, 3.63) is 0 Å². The molecule has 2 heterocycles. The lowest BCUT2D eigenvalue weighted by molar-refractivity contribution is -0.0161. The van der Waals surface area contributed by atoms with E-state index in [9.17, 15) is 4.79 Å². The minimum Gasteiger partial charge on any atom is -0.465 e. The van der Waals surface area contributed by atoms with Crippen molar-refractivity contribution >= 4 is 14.4 Å². The Morgan fingerprint density at radius 2 is 2.05 bits per heavy atom. The van der Waals surface area contributed by atoms with Crippen LogP contribution in [0.1, 0.15) is 20.8 Å². The van der Waals surface area contributed by atoms with Crippen LogP contribution in [0.3, 0.4) is 0 Å². The van der Waals surface area contributed by atoms with E-state index in [2.05, 4.69) is 39.2 Å². The summed E-state index contributed by atoms with van der Waals surface area (Å²) in [5.74, 6) is 0. The van der Waals surface area contributed by atoms with Gasteiger partial charge in [-0.15, -0.1) is 0 Å². The Morgan fingerprint density at radius 3 is 2.60 bits per heavy atom. The van der Waals surface area contributed by atoms with Crippen LogP contribution >= 0.6 is 0 Å². The molecule has 2 aliphatic rings. The molecule has 20 heavy (non-hydrogen) atoms. The fourth-order valence-electron chi connectivity index (χ4n) is 2.11. The van der Waals surface area contributed by atoms with Gasteiger partial charge < -0.3 is 24.3 Å². The van der Waals surface area contributed by atoms with E-state index in [1.165, 1.54) is 0 Å². The average molecular weight is 303 g/mol. The normalized spacial score (nSPS) is 33.5. The number of hydrogen-bond donors (Lipinski definition) is 2. The second-order valence-electron chi connectivity index (χ2n) is 7.06. The number of epoxide rings is 1. The molecule has 2 fully saturated rings. The third kappa shape index (κ3) is 3.33. The summed E-state index contributed by atoms with van der Waals surface area (Å²) in [6.07, 6.45) is -1.22. The molecule has 0 aromatic heterocycles. The van der Waals surface area contributed by atoms with Crippen LogP contribution in [0, 0.1) is 0 Å². The molecule has 0 saturated carbocycles. The average Bonchev–Trinajstić information content (AvgIpc) is 3.06. The highest BCUT2D eigenvalue weighted by molar-refractivity contribution is 6.74. The molecule has 0 aromatic rings. The summed E-state index contributed by atoms with van der Waals surface area (Å²) < 4.78 is 17.4. The molecule has 4 atom stereocenters. The number of carbonyl (C=O) groups is 1. The molecule has 0 spiro atoms. The topological polar surface area (TPSA) is 80.3 Å². The van der Waals surface area contributed by atoms with Crippen molar-refractivity contribution in [3.63, 3.8) is 0 Å². The summed E-state index contributed by atoms with van der Waals surface area (Å²) in [7, 11) is -1.79. The first-order chi connectivity index (χ1) is 9.12. The molecule has 2 unspecified atom stereocenters. The summed E-state index contributed by atoms with van der Waals surface area (Å²) >= 11 is 0. The van der Waals surface area contributed by atoms with Crippen molar-refractivity contribution in [3.8, 4) is 0 Å². The molecular formula is C13H25NO5Si. The molecule has 116 valence electrons. The number of hydrogen-bond acceptors (Lipinski definition) is 4. The Morgan fingerprint density at radius 1 is 1.40 bits per heavy atom.